The first kappa shape index (κ1) is 12.9. The molecule has 2 N–H and O–H groups in total. The van der Waals surface area contributed by atoms with Crippen LogP contribution >= 0.6 is 0 Å². The third-order valence-corrected chi connectivity index (χ3v) is 2.51. The van der Waals surface area contributed by atoms with Crippen molar-refractivity contribution in [3.8, 4) is 5.88 Å². The second-order valence-corrected chi connectivity index (χ2v) is 4.42. The van der Waals surface area contributed by atoms with Gasteiger partial charge < -0.3 is 15.2 Å². The fraction of sp³-hybridized carbons (Fsp3) is 0.583. The van der Waals surface area contributed by atoms with E-state index >= 15 is 0 Å². The van der Waals surface area contributed by atoms with Gasteiger partial charge in [-0.1, -0.05) is 6.07 Å². The molecule has 0 aromatic carbocycles. The van der Waals surface area contributed by atoms with Gasteiger partial charge >= 0.3 is 0 Å². The second-order valence-electron chi connectivity index (χ2n) is 4.42. The lowest BCUT2D eigenvalue weighted by Gasteiger charge is -2.25. The molecule has 0 aliphatic carbocycles. The molecule has 4 nitrogen and oxygen atoms in total. The predicted molar refractivity (Wildman–Crippen MR) is 63.4 cm³/mol. The zero-order valence-electron chi connectivity index (χ0n) is 10.2. The van der Waals surface area contributed by atoms with Crippen LogP contribution in [0.2, 0.25) is 0 Å². The van der Waals surface area contributed by atoms with Gasteiger partial charge in [0.15, 0.2) is 0 Å². The topological polar surface area (TPSA) is 54.4 Å². The van der Waals surface area contributed by atoms with Gasteiger partial charge in [0.25, 0.3) is 0 Å². The van der Waals surface area contributed by atoms with Gasteiger partial charge in [0.05, 0.1) is 7.11 Å². The van der Waals surface area contributed by atoms with Crippen molar-refractivity contribution in [2.75, 3.05) is 13.7 Å². The molecule has 0 aliphatic rings. The number of nitrogens with one attached hydrogen (secondary N) is 1. The molecule has 0 amide bonds. The Morgan fingerprint density at radius 2 is 2.19 bits per heavy atom. The van der Waals surface area contributed by atoms with Crippen LogP contribution in [0.15, 0.2) is 18.3 Å². The molecule has 0 bridgehead atoms. The SMILES string of the molecule is COc1ccc(CNC(C)(C)CCO)cn1. The Kier molecular flexibility index (Phi) is 4.71. The smallest absolute Gasteiger partial charge is 0.212 e. The molecular weight excluding hydrogens is 204 g/mol. The third-order valence-electron chi connectivity index (χ3n) is 2.51. The fourth-order valence-corrected chi connectivity index (χ4v) is 1.35. The molecule has 1 heterocycles. The Balaban J connectivity index is 2.48. The van der Waals surface area contributed by atoms with Gasteiger partial charge in [-0.15, -0.1) is 0 Å². The van der Waals surface area contributed by atoms with E-state index in [-0.39, 0.29) is 12.1 Å². The molecule has 1 aromatic rings. The van der Waals surface area contributed by atoms with Gasteiger partial charge in [-0.3, -0.25) is 0 Å². The number of methoxy groups -OCH3 is 1. The van der Waals surface area contributed by atoms with E-state index in [1.54, 1.807) is 13.3 Å². The molecule has 1 aromatic heterocycles. The van der Waals surface area contributed by atoms with Crippen molar-refractivity contribution in [2.45, 2.75) is 32.4 Å². The highest BCUT2D eigenvalue weighted by atomic mass is 16.5. The van der Waals surface area contributed by atoms with E-state index in [1.807, 2.05) is 12.1 Å². The van der Waals surface area contributed by atoms with E-state index in [0.717, 1.165) is 18.5 Å². The summed E-state index contributed by atoms with van der Waals surface area (Å²) in [5.74, 6) is 0.623. The summed E-state index contributed by atoms with van der Waals surface area (Å²) in [5, 5.41) is 12.3. The zero-order chi connectivity index (χ0) is 12.0. The average molecular weight is 224 g/mol. The Hall–Kier alpha value is -1.13. The molecule has 0 aliphatic heterocycles. The van der Waals surface area contributed by atoms with Crippen molar-refractivity contribution in [2.24, 2.45) is 0 Å². The molecule has 0 radical (unpaired) electrons. The summed E-state index contributed by atoms with van der Waals surface area (Å²) in [4.78, 5) is 4.13. The number of hydrogen-bond acceptors (Lipinski definition) is 4. The zero-order valence-corrected chi connectivity index (χ0v) is 10.2. The van der Waals surface area contributed by atoms with Crippen LogP contribution in [0.5, 0.6) is 5.88 Å². The third kappa shape index (κ3) is 4.16. The Bertz CT molecular complexity index is 309. The number of hydrogen-bond donors (Lipinski definition) is 2. The number of ether oxygens (including phenoxy) is 1. The maximum atomic E-state index is 8.90. The van der Waals surface area contributed by atoms with Crippen molar-refractivity contribution in [1.82, 2.24) is 10.3 Å². The molecule has 0 unspecified atom stereocenters. The second kappa shape index (κ2) is 5.82. The highest BCUT2D eigenvalue weighted by Crippen LogP contribution is 2.10. The summed E-state index contributed by atoms with van der Waals surface area (Å²) in [6, 6.07) is 3.82. The van der Waals surface area contributed by atoms with Crippen LogP contribution in [-0.2, 0) is 6.54 Å². The Morgan fingerprint density at radius 3 is 2.69 bits per heavy atom. The minimum absolute atomic E-state index is 0.0608. The molecule has 0 atom stereocenters. The number of nitrogens with zero attached hydrogens (tertiary/aromatic N) is 1. The van der Waals surface area contributed by atoms with Crippen LogP contribution < -0.4 is 10.1 Å². The molecule has 0 saturated carbocycles. The summed E-state index contributed by atoms with van der Waals surface area (Å²) >= 11 is 0. The van der Waals surface area contributed by atoms with E-state index in [9.17, 15) is 0 Å². The summed E-state index contributed by atoms with van der Waals surface area (Å²) in [5.41, 5.74) is 1.04. The van der Waals surface area contributed by atoms with E-state index in [4.69, 9.17) is 9.84 Å². The van der Waals surface area contributed by atoms with Crippen molar-refractivity contribution in [3.63, 3.8) is 0 Å². The standard InChI is InChI=1S/C12H20N2O2/c1-12(2,6-7-15)14-9-10-4-5-11(16-3)13-8-10/h4-5,8,14-15H,6-7,9H2,1-3H3. The highest BCUT2D eigenvalue weighted by molar-refractivity contribution is 5.17. The minimum Gasteiger partial charge on any atom is -0.481 e. The van der Waals surface area contributed by atoms with Crippen LogP contribution in [0.4, 0.5) is 0 Å². The summed E-state index contributed by atoms with van der Waals surface area (Å²) in [7, 11) is 1.60. The van der Waals surface area contributed by atoms with Gasteiger partial charge in [0, 0.05) is 31.0 Å². The molecule has 0 spiro atoms. The van der Waals surface area contributed by atoms with Crippen LogP contribution in [0.1, 0.15) is 25.8 Å². The molecule has 1 rings (SSSR count). The highest BCUT2D eigenvalue weighted by Gasteiger charge is 2.15. The number of aromatic nitrogens is 1. The van der Waals surface area contributed by atoms with Gasteiger partial charge in [0.1, 0.15) is 0 Å². The first-order valence-corrected chi connectivity index (χ1v) is 5.42. The van der Waals surface area contributed by atoms with Gasteiger partial charge in [0.2, 0.25) is 5.88 Å². The maximum absolute atomic E-state index is 8.90. The number of aliphatic hydroxyl groups excluding tert-OH is 1. The van der Waals surface area contributed by atoms with Gasteiger partial charge in [-0.2, -0.15) is 0 Å². The summed E-state index contributed by atoms with van der Waals surface area (Å²) in [6.45, 7) is 5.07. The van der Waals surface area contributed by atoms with Crippen molar-refractivity contribution in [1.29, 1.82) is 0 Å². The van der Waals surface area contributed by atoms with E-state index in [2.05, 4.69) is 24.1 Å². The van der Waals surface area contributed by atoms with Crippen molar-refractivity contribution >= 4 is 0 Å². The van der Waals surface area contributed by atoms with Crippen LogP contribution in [0.25, 0.3) is 0 Å². The average Bonchev–Trinajstić information content (AvgIpc) is 2.27. The first-order chi connectivity index (χ1) is 7.57. The lowest BCUT2D eigenvalue weighted by molar-refractivity contribution is 0.230. The quantitative estimate of drug-likeness (QED) is 0.765. The molecular formula is C12H20N2O2. The molecule has 0 saturated heterocycles. The van der Waals surface area contributed by atoms with E-state index in [0.29, 0.717) is 5.88 Å². The first-order valence-electron chi connectivity index (χ1n) is 5.42. The van der Waals surface area contributed by atoms with Gasteiger partial charge in [-0.25, -0.2) is 4.98 Å². The van der Waals surface area contributed by atoms with Crippen LogP contribution in [0, 0.1) is 0 Å². The predicted octanol–water partition coefficient (Wildman–Crippen LogP) is 1.34. The van der Waals surface area contributed by atoms with Crippen LogP contribution in [0.3, 0.4) is 0 Å². The molecule has 16 heavy (non-hydrogen) atoms. The molecule has 4 heteroatoms. The lowest BCUT2D eigenvalue weighted by Crippen LogP contribution is -2.39. The monoisotopic (exact) mass is 224 g/mol. The van der Waals surface area contributed by atoms with Gasteiger partial charge in [-0.05, 0) is 25.8 Å². The summed E-state index contributed by atoms with van der Waals surface area (Å²) < 4.78 is 4.99. The van der Waals surface area contributed by atoms with Crippen molar-refractivity contribution < 1.29 is 9.84 Å². The number of aliphatic hydroxyl groups is 1. The van der Waals surface area contributed by atoms with E-state index < -0.39 is 0 Å². The minimum atomic E-state index is -0.0608. The maximum Gasteiger partial charge on any atom is 0.212 e. The normalized spacial score (nSPS) is 11.5. The largest absolute Gasteiger partial charge is 0.481 e. The Labute approximate surface area is 96.7 Å². The van der Waals surface area contributed by atoms with Crippen molar-refractivity contribution in [3.05, 3.63) is 23.9 Å². The summed E-state index contributed by atoms with van der Waals surface area (Å²) in [6.07, 6.45) is 2.53. The lowest BCUT2D eigenvalue weighted by atomic mass is 10.0. The molecule has 90 valence electrons. The van der Waals surface area contributed by atoms with E-state index in [1.165, 1.54) is 0 Å². The number of pyridine rings is 1. The Morgan fingerprint density at radius 1 is 1.44 bits per heavy atom. The van der Waals surface area contributed by atoms with Crippen LogP contribution in [-0.4, -0.2) is 29.3 Å². The molecule has 0 fully saturated rings. The fourth-order valence-electron chi connectivity index (χ4n) is 1.35. The number of rotatable bonds is 6.